The van der Waals surface area contributed by atoms with Gasteiger partial charge in [-0.1, -0.05) is 19.1 Å². The molecule has 0 atom stereocenters. The van der Waals surface area contributed by atoms with Gasteiger partial charge >= 0.3 is 0 Å². The van der Waals surface area contributed by atoms with Crippen molar-refractivity contribution in [2.45, 2.75) is 13.3 Å². The second-order valence-electron chi connectivity index (χ2n) is 2.50. The first-order valence-electron chi connectivity index (χ1n) is 4.03. The van der Waals surface area contributed by atoms with Gasteiger partial charge in [-0.3, -0.25) is 4.98 Å². The first-order valence-corrected chi connectivity index (χ1v) is 4.43. The minimum Gasteiger partial charge on any atom is -0.376 e. The minimum atomic E-state index is 0.782. The third kappa shape index (κ3) is 2.58. The smallest absolute Gasteiger partial charge is 0.108 e. The number of aromatic nitrogens is 1. The van der Waals surface area contributed by atoms with Gasteiger partial charge in [-0.15, -0.1) is 0 Å². The second-order valence-corrected chi connectivity index (χ2v) is 2.91. The lowest BCUT2D eigenvalue weighted by Gasteiger charge is -2.04. The fraction of sp³-hybridized carbons (Fsp3) is 0.333. The number of nitrogens with one attached hydrogen (secondary N) is 1. The van der Waals surface area contributed by atoms with E-state index in [-0.39, 0.29) is 0 Å². The van der Waals surface area contributed by atoms with E-state index in [9.17, 15) is 0 Å². The molecule has 0 bridgehead atoms. The molecule has 1 aromatic rings. The first kappa shape index (κ1) is 9.13. The van der Waals surface area contributed by atoms with E-state index in [2.05, 4.69) is 17.2 Å². The Kier molecular flexibility index (Phi) is 3.67. The molecule has 0 saturated carbocycles. The molecule has 1 N–H and O–H groups in total. The lowest BCUT2D eigenvalue weighted by molar-refractivity contribution is 0.848. The van der Waals surface area contributed by atoms with Crippen LogP contribution in [0.3, 0.4) is 0 Å². The quantitative estimate of drug-likeness (QED) is 0.717. The van der Waals surface area contributed by atoms with Crippen molar-refractivity contribution in [2.75, 3.05) is 6.54 Å². The van der Waals surface area contributed by atoms with E-state index in [0.29, 0.717) is 0 Å². The van der Waals surface area contributed by atoms with Crippen molar-refractivity contribution in [1.29, 1.82) is 0 Å². The van der Waals surface area contributed by atoms with Crippen LogP contribution in [-0.4, -0.2) is 16.5 Å². The van der Waals surface area contributed by atoms with Crippen LogP contribution in [0.2, 0.25) is 0 Å². The van der Waals surface area contributed by atoms with Crippen molar-refractivity contribution >= 4 is 17.2 Å². The fourth-order valence-corrected chi connectivity index (χ4v) is 1.06. The Balaban J connectivity index is 2.54. The summed E-state index contributed by atoms with van der Waals surface area (Å²) >= 11 is 5.13. The van der Waals surface area contributed by atoms with Crippen molar-refractivity contribution in [3.63, 3.8) is 0 Å². The molecule has 0 unspecified atom stereocenters. The van der Waals surface area contributed by atoms with Gasteiger partial charge in [0.1, 0.15) is 4.99 Å². The lowest BCUT2D eigenvalue weighted by atomic mass is 10.3. The van der Waals surface area contributed by atoms with E-state index in [1.54, 1.807) is 12.4 Å². The summed E-state index contributed by atoms with van der Waals surface area (Å²) in [6.45, 7) is 3.03. The molecule has 1 aromatic heterocycles. The van der Waals surface area contributed by atoms with Crippen LogP contribution < -0.4 is 5.32 Å². The highest BCUT2D eigenvalue weighted by Gasteiger charge is 1.97. The maximum atomic E-state index is 5.13. The average Bonchev–Trinajstić information content (AvgIpc) is 2.15. The minimum absolute atomic E-state index is 0.782. The Bertz CT molecular complexity index is 246. The van der Waals surface area contributed by atoms with Crippen LogP contribution in [0, 0.1) is 0 Å². The van der Waals surface area contributed by atoms with E-state index in [0.717, 1.165) is 23.5 Å². The third-order valence-electron chi connectivity index (χ3n) is 1.46. The molecule has 64 valence electrons. The zero-order valence-corrected chi connectivity index (χ0v) is 7.90. The summed E-state index contributed by atoms with van der Waals surface area (Å²) in [5.74, 6) is 0. The van der Waals surface area contributed by atoms with Crippen LogP contribution >= 0.6 is 12.2 Å². The highest BCUT2D eigenvalue weighted by atomic mass is 32.1. The molecule has 0 radical (unpaired) electrons. The molecule has 12 heavy (non-hydrogen) atoms. The zero-order chi connectivity index (χ0) is 8.81. The Morgan fingerprint density at radius 2 is 2.50 bits per heavy atom. The van der Waals surface area contributed by atoms with Crippen LogP contribution in [0.25, 0.3) is 0 Å². The normalized spacial score (nSPS) is 9.42. The maximum absolute atomic E-state index is 5.13. The van der Waals surface area contributed by atoms with Gasteiger partial charge in [0.2, 0.25) is 0 Å². The summed E-state index contributed by atoms with van der Waals surface area (Å²) in [4.78, 5) is 4.77. The van der Waals surface area contributed by atoms with E-state index in [1.807, 2.05) is 12.1 Å². The molecule has 0 spiro atoms. The summed E-state index contributed by atoms with van der Waals surface area (Å²) in [6.07, 6.45) is 4.59. The standard InChI is InChI=1S/C9H12N2S/c1-2-5-11-9(12)8-4-3-6-10-7-8/h3-4,6-7H,2,5H2,1H3,(H,11,12). The topological polar surface area (TPSA) is 24.9 Å². The van der Waals surface area contributed by atoms with Gasteiger partial charge in [0.05, 0.1) is 0 Å². The molecule has 0 aliphatic rings. The van der Waals surface area contributed by atoms with E-state index >= 15 is 0 Å². The number of hydrogen-bond acceptors (Lipinski definition) is 2. The average molecular weight is 180 g/mol. The van der Waals surface area contributed by atoms with Gasteiger partial charge in [0.15, 0.2) is 0 Å². The van der Waals surface area contributed by atoms with Crippen molar-refractivity contribution in [1.82, 2.24) is 10.3 Å². The van der Waals surface area contributed by atoms with Crippen molar-refractivity contribution in [3.05, 3.63) is 30.1 Å². The molecule has 0 amide bonds. The number of nitrogens with zero attached hydrogens (tertiary/aromatic N) is 1. The summed E-state index contributed by atoms with van der Waals surface area (Å²) in [7, 11) is 0. The van der Waals surface area contributed by atoms with E-state index < -0.39 is 0 Å². The second kappa shape index (κ2) is 4.83. The van der Waals surface area contributed by atoms with Gasteiger partial charge < -0.3 is 5.32 Å². The molecular weight excluding hydrogens is 168 g/mol. The van der Waals surface area contributed by atoms with Gasteiger partial charge in [-0.05, 0) is 18.6 Å². The molecule has 2 nitrogen and oxygen atoms in total. The molecule has 0 aliphatic carbocycles. The molecule has 0 fully saturated rings. The zero-order valence-electron chi connectivity index (χ0n) is 7.08. The summed E-state index contributed by atoms with van der Waals surface area (Å²) in [5, 5.41) is 3.14. The van der Waals surface area contributed by atoms with Crippen LogP contribution in [0.15, 0.2) is 24.5 Å². The van der Waals surface area contributed by atoms with Crippen LogP contribution in [0.1, 0.15) is 18.9 Å². The molecular formula is C9H12N2S. The van der Waals surface area contributed by atoms with Crippen LogP contribution in [0.5, 0.6) is 0 Å². The third-order valence-corrected chi connectivity index (χ3v) is 1.84. The predicted molar refractivity (Wildman–Crippen MR) is 54.2 cm³/mol. The van der Waals surface area contributed by atoms with Crippen molar-refractivity contribution in [2.24, 2.45) is 0 Å². The van der Waals surface area contributed by atoms with Crippen LogP contribution in [0.4, 0.5) is 0 Å². The van der Waals surface area contributed by atoms with E-state index in [4.69, 9.17) is 12.2 Å². The van der Waals surface area contributed by atoms with Gasteiger partial charge in [0, 0.05) is 24.5 Å². The van der Waals surface area contributed by atoms with Gasteiger partial charge in [-0.25, -0.2) is 0 Å². The molecule has 3 heteroatoms. The fourth-order valence-electron chi connectivity index (χ4n) is 0.838. The Morgan fingerprint density at radius 1 is 1.67 bits per heavy atom. The highest BCUT2D eigenvalue weighted by molar-refractivity contribution is 7.80. The summed E-state index contributed by atoms with van der Waals surface area (Å²) < 4.78 is 0. The monoisotopic (exact) mass is 180 g/mol. The number of thiocarbonyl (C=S) groups is 1. The SMILES string of the molecule is CCCNC(=S)c1cccnc1. The van der Waals surface area contributed by atoms with E-state index in [1.165, 1.54) is 0 Å². The number of hydrogen-bond donors (Lipinski definition) is 1. The maximum Gasteiger partial charge on any atom is 0.108 e. The Labute approximate surface area is 78.0 Å². The lowest BCUT2D eigenvalue weighted by Crippen LogP contribution is -2.22. The molecule has 0 aromatic carbocycles. The Morgan fingerprint density at radius 3 is 3.08 bits per heavy atom. The first-order chi connectivity index (χ1) is 5.84. The van der Waals surface area contributed by atoms with Crippen molar-refractivity contribution in [3.8, 4) is 0 Å². The molecule has 0 saturated heterocycles. The highest BCUT2D eigenvalue weighted by Crippen LogP contribution is 1.96. The largest absolute Gasteiger partial charge is 0.376 e. The predicted octanol–water partition coefficient (Wildman–Crippen LogP) is 1.76. The van der Waals surface area contributed by atoms with Crippen molar-refractivity contribution < 1.29 is 0 Å². The molecule has 0 aliphatic heterocycles. The van der Waals surface area contributed by atoms with Crippen LogP contribution in [-0.2, 0) is 0 Å². The Hall–Kier alpha value is -0.960. The molecule has 1 heterocycles. The molecule has 1 rings (SSSR count). The number of rotatable bonds is 3. The summed E-state index contributed by atoms with van der Waals surface area (Å²) in [5.41, 5.74) is 0.987. The van der Waals surface area contributed by atoms with Gasteiger partial charge in [-0.2, -0.15) is 0 Å². The number of pyridine rings is 1. The van der Waals surface area contributed by atoms with Gasteiger partial charge in [0.25, 0.3) is 0 Å². The summed E-state index contributed by atoms with van der Waals surface area (Å²) in [6, 6.07) is 3.84.